The van der Waals surface area contributed by atoms with Crippen LogP contribution in [0.15, 0.2) is 58.3 Å². The van der Waals surface area contributed by atoms with E-state index in [4.69, 9.17) is 11.6 Å². The van der Waals surface area contributed by atoms with Crippen LogP contribution in [0.25, 0.3) is 0 Å². The van der Waals surface area contributed by atoms with Gasteiger partial charge in [0.1, 0.15) is 5.02 Å². The number of halogens is 1. The van der Waals surface area contributed by atoms with Gasteiger partial charge in [-0.05, 0) is 24.3 Å². The van der Waals surface area contributed by atoms with E-state index in [-0.39, 0.29) is 14.8 Å². The lowest BCUT2D eigenvalue weighted by Gasteiger charge is -2.04. The SMILES string of the molecule is O=[N+]([O-])c1cc(S(=O)(=O)c2ccccc2)ccc1Cl. The van der Waals surface area contributed by atoms with Gasteiger partial charge in [-0.3, -0.25) is 10.1 Å². The van der Waals surface area contributed by atoms with Crippen molar-refractivity contribution in [1.82, 2.24) is 0 Å². The summed E-state index contributed by atoms with van der Waals surface area (Å²) >= 11 is 5.65. The molecule has 0 saturated heterocycles. The Balaban J connectivity index is 2.60. The van der Waals surface area contributed by atoms with Gasteiger partial charge < -0.3 is 0 Å². The highest BCUT2D eigenvalue weighted by atomic mass is 35.5. The number of rotatable bonds is 3. The van der Waals surface area contributed by atoms with Crippen molar-refractivity contribution in [2.24, 2.45) is 0 Å². The number of nitrogens with zero attached hydrogens (tertiary/aromatic N) is 1. The first-order valence-electron chi connectivity index (χ1n) is 5.17. The van der Waals surface area contributed by atoms with Crippen molar-refractivity contribution in [3.05, 3.63) is 63.7 Å². The van der Waals surface area contributed by atoms with Crippen LogP contribution in [0.4, 0.5) is 5.69 Å². The van der Waals surface area contributed by atoms with Crippen molar-refractivity contribution in [1.29, 1.82) is 0 Å². The third-order valence-corrected chi connectivity index (χ3v) is 4.57. The van der Waals surface area contributed by atoms with Crippen LogP contribution in [-0.4, -0.2) is 13.3 Å². The Kier molecular flexibility index (Phi) is 3.55. The summed E-state index contributed by atoms with van der Waals surface area (Å²) < 4.78 is 24.5. The summed E-state index contributed by atoms with van der Waals surface area (Å²) in [5.41, 5.74) is -0.432. The molecule has 0 unspecified atom stereocenters. The number of nitro groups is 1. The van der Waals surface area contributed by atoms with Crippen molar-refractivity contribution < 1.29 is 13.3 Å². The Morgan fingerprint density at radius 2 is 1.63 bits per heavy atom. The van der Waals surface area contributed by atoms with E-state index in [2.05, 4.69) is 0 Å². The fourth-order valence-corrected chi connectivity index (χ4v) is 3.02. The molecular weight excluding hydrogens is 290 g/mol. The third-order valence-electron chi connectivity index (χ3n) is 2.48. The van der Waals surface area contributed by atoms with E-state index in [1.54, 1.807) is 18.2 Å². The standard InChI is InChI=1S/C12H8ClNO4S/c13-11-7-6-10(8-12(11)14(15)16)19(17,18)9-4-2-1-3-5-9/h1-8H. The minimum atomic E-state index is -3.77. The van der Waals surface area contributed by atoms with Crippen LogP contribution in [0.1, 0.15) is 0 Å². The van der Waals surface area contributed by atoms with Crippen LogP contribution in [0.3, 0.4) is 0 Å². The van der Waals surface area contributed by atoms with E-state index in [0.29, 0.717) is 0 Å². The molecule has 0 aromatic heterocycles. The number of benzene rings is 2. The van der Waals surface area contributed by atoms with Gasteiger partial charge in [0.15, 0.2) is 0 Å². The molecule has 0 aliphatic heterocycles. The lowest BCUT2D eigenvalue weighted by atomic mass is 10.3. The number of sulfone groups is 1. The molecule has 98 valence electrons. The molecule has 2 aromatic carbocycles. The summed E-state index contributed by atoms with van der Waals surface area (Å²) in [6.07, 6.45) is 0. The molecule has 0 atom stereocenters. The monoisotopic (exact) mass is 297 g/mol. The number of hydrogen-bond donors (Lipinski definition) is 0. The van der Waals surface area contributed by atoms with Gasteiger partial charge in [0.25, 0.3) is 5.69 Å². The maximum Gasteiger partial charge on any atom is 0.289 e. The van der Waals surface area contributed by atoms with Crippen molar-refractivity contribution in [2.45, 2.75) is 9.79 Å². The second-order valence-corrected chi connectivity index (χ2v) is 6.04. The summed E-state index contributed by atoms with van der Waals surface area (Å²) in [7, 11) is -3.77. The molecule has 0 N–H and O–H groups in total. The van der Waals surface area contributed by atoms with E-state index in [0.717, 1.165) is 6.07 Å². The van der Waals surface area contributed by atoms with Crippen LogP contribution < -0.4 is 0 Å². The Morgan fingerprint density at radius 1 is 1.00 bits per heavy atom. The van der Waals surface area contributed by atoms with Crippen LogP contribution in [-0.2, 0) is 9.84 Å². The zero-order valence-corrected chi connectivity index (χ0v) is 11.1. The highest BCUT2D eigenvalue weighted by Gasteiger charge is 2.22. The molecule has 0 fully saturated rings. The Hall–Kier alpha value is -1.92. The van der Waals surface area contributed by atoms with Crippen LogP contribution >= 0.6 is 11.6 Å². The fraction of sp³-hybridized carbons (Fsp3) is 0. The first-order valence-corrected chi connectivity index (χ1v) is 7.03. The van der Waals surface area contributed by atoms with Gasteiger partial charge >= 0.3 is 0 Å². The highest BCUT2D eigenvalue weighted by Crippen LogP contribution is 2.29. The maximum atomic E-state index is 12.3. The van der Waals surface area contributed by atoms with Crippen molar-refractivity contribution >= 4 is 27.1 Å². The summed E-state index contributed by atoms with van der Waals surface area (Å²) in [6.45, 7) is 0. The van der Waals surface area contributed by atoms with Crippen molar-refractivity contribution in [3.63, 3.8) is 0 Å². The normalized spacial score (nSPS) is 11.2. The summed E-state index contributed by atoms with van der Waals surface area (Å²) in [5, 5.41) is 10.7. The third kappa shape index (κ3) is 2.59. The lowest BCUT2D eigenvalue weighted by molar-refractivity contribution is -0.384. The van der Waals surface area contributed by atoms with Gasteiger partial charge in [-0.15, -0.1) is 0 Å². The molecule has 0 spiro atoms. The molecule has 0 saturated carbocycles. The second-order valence-electron chi connectivity index (χ2n) is 3.69. The van der Waals surface area contributed by atoms with Gasteiger partial charge in [0.2, 0.25) is 9.84 Å². The molecule has 5 nitrogen and oxygen atoms in total. The van der Waals surface area contributed by atoms with Gasteiger partial charge in [0.05, 0.1) is 14.7 Å². The predicted molar refractivity (Wildman–Crippen MR) is 70.0 cm³/mol. The summed E-state index contributed by atoms with van der Waals surface area (Å²) in [4.78, 5) is 9.97. The quantitative estimate of drug-likeness (QED) is 0.644. The Morgan fingerprint density at radius 3 is 2.21 bits per heavy atom. The van der Waals surface area contributed by atoms with E-state index < -0.39 is 20.4 Å². The average molecular weight is 298 g/mol. The minimum Gasteiger partial charge on any atom is -0.258 e. The largest absolute Gasteiger partial charge is 0.289 e. The molecule has 0 amide bonds. The number of nitro benzene ring substituents is 1. The van der Waals surface area contributed by atoms with E-state index in [9.17, 15) is 18.5 Å². The second kappa shape index (κ2) is 4.99. The Bertz CT molecular complexity index is 729. The molecule has 19 heavy (non-hydrogen) atoms. The predicted octanol–water partition coefficient (Wildman–Crippen LogP) is 3.08. The van der Waals surface area contributed by atoms with E-state index in [1.165, 1.54) is 24.3 Å². The molecule has 0 radical (unpaired) electrons. The molecule has 2 rings (SSSR count). The lowest BCUT2D eigenvalue weighted by Crippen LogP contribution is -2.02. The van der Waals surface area contributed by atoms with Gasteiger partial charge in [0, 0.05) is 6.07 Å². The zero-order chi connectivity index (χ0) is 14.0. The topological polar surface area (TPSA) is 77.3 Å². The summed E-state index contributed by atoms with van der Waals surface area (Å²) in [6, 6.07) is 11.1. The first kappa shape index (κ1) is 13.5. The molecular formula is C12H8ClNO4S. The Labute approximate surface area is 114 Å². The molecule has 2 aromatic rings. The minimum absolute atomic E-state index is 0.0756. The van der Waals surface area contributed by atoms with Crippen LogP contribution in [0.5, 0.6) is 0 Å². The first-order chi connectivity index (χ1) is 8.93. The van der Waals surface area contributed by atoms with Gasteiger partial charge in [-0.25, -0.2) is 8.42 Å². The molecule has 0 aliphatic rings. The molecule has 0 bridgehead atoms. The van der Waals surface area contributed by atoms with E-state index in [1.807, 2.05) is 0 Å². The molecule has 0 heterocycles. The van der Waals surface area contributed by atoms with Crippen LogP contribution in [0.2, 0.25) is 5.02 Å². The number of hydrogen-bond acceptors (Lipinski definition) is 4. The van der Waals surface area contributed by atoms with Crippen molar-refractivity contribution in [3.8, 4) is 0 Å². The van der Waals surface area contributed by atoms with Gasteiger partial charge in [-0.2, -0.15) is 0 Å². The van der Waals surface area contributed by atoms with Crippen LogP contribution in [0, 0.1) is 10.1 Å². The van der Waals surface area contributed by atoms with E-state index >= 15 is 0 Å². The zero-order valence-electron chi connectivity index (χ0n) is 9.49. The smallest absolute Gasteiger partial charge is 0.258 e. The van der Waals surface area contributed by atoms with Crippen molar-refractivity contribution in [2.75, 3.05) is 0 Å². The summed E-state index contributed by atoms with van der Waals surface area (Å²) in [5.74, 6) is 0. The van der Waals surface area contributed by atoms with Gasteiger partial charge in [-0.1, -0.05) is 29.8 Å². The molecule has 0 aliphatic carbocycles. The fourth-order valence-electron chi connectivity index (χ4n) is 1.54. The highest BCUT2D eigenvalue weighted by molar-refractivity contribution is 7.91. The molecule has 7 heteroatoms. The maximum absolute atomic E-state index is 12.3. The average Bonchev–Trinajstić information content (AvgIpc) is 2.39.